The SMILES string of the molecule is CCCCCCC[NH+]1C=CN=C1.F[B-](F)(F)F. The molecular weight excluding hydrogens is 235 g/mol. The van der Waals surface area contributed by atoms with Crippen molar-refractivity contribution in [1.82, 2.24) is 0 Å². The van der Waals surface area contributed by atoms with Crippen molar-refractivity contribution in [2.24, 2.45) is 4.99 Å². The lowest BCUT2D eigenvalue weighted by molar-refractivity contribution is -0.736. The first-order chi connectivity index (χ1) is 7.93. The van der Waals surface area contributed by atoms with E-state index >= 15 is 0 Å². The summed E-state index contributed by atoms with van der Waals surface area (Å²) in [6.07, 6.45) is 12.8. The Bertz CT molecular complexity index is 223. The molecule has 1 unspecified atom stereocenters. The largest absolute Gasteiger partial charge is 0.673 e. The summed E-state index contributed by atoms with van der Waals surface area (Å²) < 4.78 is 39.0. The fourth-order valence-electron chi connectivity index (χ4n) is 1.40. The summed E-state index contributed by atoms with van der Waals surface area (Å²) >= 11 is 0. The molecule has 100 valence electrons. The number of quaternary nitrogens is 1. The molecule has 0 amide bonds. The fraction of sp³-hybridized carbons (Fsp3) is 0.700. The molecule has 17 heavy (non-hydrogen) atoms. The molecule has 1 heterocycles. The summed E-state index contributed by atoms with van der Waals surface area (Å²) in [5.74, 6) is 0. The molecule has 1 aliphatic rings. The zero-order valence-electron chi connectivity index (χ0n) is 10.0. The van der Waals surface area contributed by atoms with Crippen LogP contribution in [0, 0.1) is 0 Å². The van der Waals surface area contributed by atoms with Gasteiger partial charge < -0.3 is 17.3 Å². The van der Waals surface area contributed by atoms with Crippen molar-refractivity contribution in [1.29, 1.82) is 0 Å². The minimum atomic E-state index is -6.00. The highest BCUT2D eigenvalue weighted by atomic mass is 19.5. The predicted molar refractivity (Wildman–Crippen MR) is 62.4 cm³/mol. The van der Waals surface area contributed by atoms with Crippen LogP contribution in [0.1, 0.15) is 39.0 Å². The molecule has 1 atom stereocenters. The molecule has 1 N–H and O–H groups in total. The summed E-state index contributed by atoms with van der Waals surface area (Å²) in [6.45, 7) is 3.46. The van der Waals surface area contributed by atoms with Crippen LogP contribution in [-0.2, 0) is 0 Å². The molecule has 2 nitrogen and oxygen atoms in total. The normalized spacial score (nSPS) is 18.1. The minimum Gasteiger partial charge on any atom is -0.418 e. The first-order valence-corrected chi connectivity index (χ1v) is 5.86. The third-order valence-corrected chi connectivity index (χ3v) is 2.18. The highest BCUT2D eigenvalue weighted by Gasteiger charge is 2.20. The van der Waals surface area contributed by atoms with E-state index in [2.05, 4.69) is 18.1 Å². The zero-order chi connectivity index (χ0) is 13.1. The number of aliphatic imine (C=N–C) groups is 1. The molecule has 0 saturated heterocycles. The van der Waals surface area contributed by atoms with Crippen LogP contribution in [0.2, 0.25) is 0 Å². The summed E-state index contributed by atoms with van der Waals surface area (Å²) in [4.78, 5) is 5.43. The summed E-state index contributed by atoms with van der Waals surface area (Å²) in [5.41, 5.74) is 0. The molecule has 0 fully saturated rings. The summed E-state index contributed by atoms with van der Waals surface area (Å²) in [7, 11) is -6.00. The van der Waals surface area contributed by atoms with Gasteiger partial charge in [-0.25, -0.2) is 4.99 Å². The average Bonchev–Trinajstić information content (AvgIpc) is 2.67. The highest BCUT2D eigenvalue weighted by Crippen LogP contribution is 2.06. The van der Waals surface area contributed by atoms with Gasteiger partial charge in [-0.1, -0.05) is 26.2 Å². The molecular formula is C10H19BF4N2. The van der Waals surface area contributed by atoms with Gasteiger partial charge in [-0.3, -0.25) is 4.90 Å². The third-order valence-electron chi connectivity index (χ3n) is 2.18. The Labute approximate surface area is 99.5 Å². The number of nitrogens with one attached hydrogen (secondary N) is 1. The molecule has 0 aromatic carbocycles. The first kappa shape index (κ1) is 16.2. The van der Waals surface area contributed by atoms with E-state index < -0.39 is 7.25 Å². The van der Waals surface area contributed by atoms with Crippen LogP contribution in [0.3, 0.4) is 0 Å². The summed E-state index contributed by atoms with van der Waals surface area (Å²) in [6, 6.07) is 0. The van der Waals surface area contributed by atoms with Gasteiger partial charge in [-0.05, 0) is 12.8 Å². The van der Waals surface area contributed by atoms with E-state index in [9.17, 15) is 17.3 Å². The van der Waals surface area contributed by atoms with E-state index in [0.717, 1.165) is 0 Å². The number of hydrogen-bond acceptors (Lipinski definition) is 1. The molecule has 0 bridgehead atoms. The van der Waals surface area contributed by atoms with Crippen LogP contribution in [-0.4, -0.2) is 20.1 Å². The van der Waals surface area contributed by atoms with E-state index in [4.69, 9.17) is 0 Å². The number of nitrogens with zero attached hydrogens (tertiary/aromatic N) is 1. The quantitative estimate of drug-likeness (QED) is 0.426. The standard InChI is InChI=1S/C10H18N2.BF4/c1-2-3-4-5-6-8-12-9-7-11-10-12;2-1(3,4)5/h7,9-10H,2-6,8H2,1H3;/q;-1/p+1. The molecule has 1 aliphatic heterocycles. The van der Waals surface area contributed by atoms with Crippen LogP contribution in [0.15, 0.2) is 17.4 Å². The Morgan fingerprint density at radius 3 is 2.12 bits per heavy atom. The molecule has 0 saturated carbocycles. The van der Waals surface area contributed by atoms with E-state index in [1.807, 2.05) is 12.5 Å². The topological polar surface area (TPSA) is 16.8 Å². The molecule has 0 spiro atoms. The van der Waals surface area contributed by atoms with Crippen LogP contribution in [0.25, 0.3) is 0 Å². The van der Waals surface area contributed by atoms with Gasteiger partial charge >= 0.3 is 7.25 Å². The molecule has 0 radical (unpaired) electrons. The van der Waals surface area contributed by atoms with E-state index in [1.165, 1.54) is 43.5 Å². The lowest BCUT2D eigenvalue weighted by atomic mass is 10.1. The molecule has 1 rings (SSSR count). The van der Waals surface area contributed by atoms with Gasteiger partial charge in [0.1, 0.15) is 6.20 Å². The van der Waals surface area contributed by atoms with Crippen molar-refractivity contribution in [2.75, 3.05) is 6.54 Å². The molecule has 0 aromatic rings. The smallest absolute Gasteiger partial charge is 0.418 e. The average molecular weight is 254 g/mol. The predicted octanol–water partition coefficient (Wildman–Crippen LogP) is 2.65. The van der Waals surface area contributed by atoms with Crippen LogP contribution < -0.4 is 4.90 Å². The molecule has 0 aliphatic carbocycles. The van der Waals surface area contributed by atoms with E-state index in [1.54, 1.807) is 0 Å². The third kappa shape index (κ3) is 15.2. The van der Waals surface area contributed by atoms with Crippen molar-refractivity contribution >= 4 is 13.6 Å². The van der Waals surface area contributed by atoms with Crippen molar-refractivity contribution in [3.05, 3.63) is 12.4 Å². The minimum absolute atomic E-state index is 1.21. The van der Waals surface area contributed by atoms with Gasteiger partial charge in [0.25, 0.3) is 0 Å². The van der Waals surface area contributed by atoms with Gasteiger partial charge in [0.05, 0.1) is 12.7 Å². The summed E-state index contributed by atoms with van der Waals surface area (Å²) in [5, 5.41) is 0. The van der Waals surface area contributed by atoms with E-state index in [-0.39, 0.29) is 0 Å². The monoisotopic (exact) mass is 254 g/mol. The van der Waals surface area contributed by atoms with Crippen LogP contribution in [0.4, 0.5) is 17.3 Å². The van der Waals surface area contributed by atoms with Gasteiger partial charge in [0.15, 0.2) is 6.34 Å². The van der Waals surface area contributed by atoms with E-state index in [0.29, 0.717) is 0 Å². The molecule has 7 heteroatoms. The first-order valence-electron chi connectivity index (χ1n) is 5.86. The van der Waals surface area contributed by atoms with Crippen molar-refractivity contribution in [3.63, 3.8) is 0 Å². The number of halogens is 4. The zero-order valence-corrected chi connectivity index (χ0v) is 10.0. The van der Waals surface area contributed by atoms with Crippen molar-refractivity contribution in [3.8, 4) is 0 Å². The maximum absolute atomic E-state index is 9.75. The lowest BCUT2D eigenvalue weighted by Gasteiger charge is -2.04. The van der Waals surface area contributed by atoms with Crippen LogP contribution >= 0.6 is 0 Å². The number of unbranched alkanes of at least 4 members (excludes halogenated alkanes) is 4. The highest BCUT2D eigenvalue weighted by molar-refractivity contribution is 6.50. The van der Waals surface area contributed by atoms with Crippen LogP contribution in [0.5, 0.6) is 0 Å². The van der Waals surface area contributed by atoms with Crippen molar-refractivity contribution < 1.29 is 22.2 Å². The Hall–Kier alpha value is -0.845. The van der Waals surface area contributed by atoms with Gasteiger partial charge in [0, 0.05) is 0 Å². The Morgan fingerprint density at radius 1 is 1.06 bits per heavy atom. The Morgan fingerprint density at radius 2 is 1.65 bits per heavy atom. The Kier molecular flexibility index (Phi) is 8.75. The second kappa shape index (κ2) is 9.21. The van der Waals surface area contributed by atoms with Gasteiger partial charge in [0.2, 0.25) is 0 Å². The second-order valence-electron chi connectivity index (χ2n) is 3.83. The van der Waals surface area contributed by atoms with Crippen molar-refractivity contribution in [2.45, 2.75) is 39.0 Å². The lowest BCUT2D eigenvalue weighted by Crippen LogP contribution is -3.05. The fourth-order valence-corrected chi connectivity index (χ4v) is 1.40. The Balaban J connectivity index is 0.000000437. The second-order valence-corrected chi connectivity index (χ2v) is 3.83. The number of hydrogen-bond donors (Lipinski definition) is 1. The maximum Gasteiger partial charge on any atom is 0.673 e. The maximum atomic E-state index is 9.75. The molecule has 0 aromatic heterocycles. The number of rotatable bonds is 6. The van der Waals surface area contributed by atoms with Gasteiger partial charge in [-0.2, -0.15) is 0 Å². The van der Waals surface area contributed by atoms with Gasteiger partial charge in [-0.15, -0.1) is 0 Å².